The van der Waals surface area contributed by atoms with Crippen LogP contribution >= 0.6 is 0 Å². The number of hydrogen-bond donors (Lipinski definition) is 3. The van der Waals surface area contributed by atoms with Crippen LogP contribution in [0.1, 0.15) is 33.1 Å². The molecule has 3 saturated carbocycles. The van der Waals surface area contributed by atoms with Gasteiger partial charge in [-0.25, -0.2) is 0 Å². The number of nitrogens with two attached hydrogens (primary N) is 1. The maximum atomic E-state index is 10.5. The summed E-state index contributed by atoms with van der Waals surface area (Å²) in [6.45, 7) is 4.81. The fraction of sp³-hybridized carbons (Fsp3) is 1.00. The quantitative estimate of drug-likeness (QED) is 0.570. The Hall–Kier alpha value is -0.280. The molecule has 4 N–H and O–H groups in total. The Bertz CT molecular complexity index is 423. The molecule has 1 heterocycles. The zero-order valence-corrected chi connectivity index (χ0v) is 14.8. The normalized spacial score (nSPS) is 47.4. The van der Waals surface area contributed by atoms with Crippen molar-refractivity contribution in [2.75, 3.05) is 26.9 Å². The molecule has 1 saturated heterocycles. The first-order valence-corrected chi connectivity index (χ1v) is 8.82. The maximum absolute atomic E-state index is 10.5. The van der Waals surface area contributed by atoms with Gasteiger partial charge in [0, 0.05) is 19.1 Å². The molecule has 3 aliphatic carbocycles. The van der Waals surface area contributed by atoms with Crippen molar-refractivity contribution in [3.8, 4) is 0 Å². The molecule has 0 amide bonds. The van der Waals surface area contributed by atoms with Gasteiger partial charge >= 0.3 is 0 Å². The van der Waals surface area contributed by atoms with Crippen molar-refractivity contribution >= 4 is 0 Å². The number of ether oxygens (including phenoxy) is 4. The summed E-state index contributed by atoms with van der Waals surface area (Å²) in [7, 11) is 1.75. The van der Waals surface area contributed by atoms with Gasteiger partial charge in [-0.3, -0.25) is 0 Å². The minimum absolute atomic E-state index is 0.0713. The first-order valence-electron chi connectivity index (χ1n) is 8.82. The van der Waals surface area contributed by atoms with E-state index in [0.29, 0.717) is 19.1 Å². The van der Waals surface area contributed by atoms with E-state index < -0.39 is 30.6 Å². The van der Waals surface area contributed by atoms with Gasteiger partial charge in [-0.15, -0.1) is 0 Å². The number of rotatable bonds is 8. The fourth-order valence-electron chi connectivity index (χ4n) is 4.27. The van der Waals surface area contributed by atoms with Gasteiger partial charge in [-0.2, -0.15) is 0 Å². The van der Waals surface area contributed by atoms with Crippen LogP contribution in [0.3, 0.4) is 0 Å². The molecule has 1 aliphatic heterocycles. The molecule has 4 rings (SSSR count). The fourth-order valence-corrected chi connectivity index (χ4v) is 4.27. The smallest absolute Gasteiger partial charge is 0.175 e. The summed E-state index contributed by atoms with van der Waals surface area (Å²) in [6, 6.07) is -0.700. The van der Waals surface area contributed by atoms with E-state index in [9.17, 15) is 10.2 Å². The van der Waals surface area contributed by atoms with Gasteiger partial charge in [0.15, 0.2) is 6.29 Å². The van der Waals surface area contributed by atoms with Crippen molar-refractivity contribution in [3.05, 3.63) is 0 Å². The van der Waals surface area contributed by atoms with E-state index in [1.54, 1.807) is 7.11 Å². The van der Waals surface area contributed by atoms with E-state index in [1.807, 2.05) is 13.8 Å². The SMILES string of the molecule is COC12CC(COC3OC(CO)C(OCC(C)C)C(O)C3N)(C1)C2. The summed E-state index contributed by atoms with van der Waals surface area (Å²) in [4.78, 5) is 0. The lowest BCUT2D eigenvalue weighted by Crippen LogP contribution is -2.70. The second-order valence-electron chi connectivity index (χ2n) is 8.21. The maximum Gasteiger partial charge on any atom is 0.175 e. The first-order chi connectivity index (χ1) is 11.3. The minimum atomic E-state index is -0.932. The van der Waals surface area contributed by atoms with Gasteiger partial charge in [-0.05, 0) is 25.2 Å². The van der Waals surface area contributed by atoms with Gasteiger partial charge in [0.2, 0.25) is 0 Å². The lowest BCUT2D eigenvalue weighted by molar-refractivity contribution is -0.325. The van der Waals surface area contributed by atoms with E-state index >= 15 is 0 Å². The second-order valence-corrected chi connectivity index (χ2v) is 8.21. The topological polar surface area (TPSA) is 103 Å². The van der Waals surface area contributed by atoms with Gasteiger partial charge < -0.3 is 34.9 Å². The van der Waals surface area contributed by atoms with Crippen molar-refractivity contribution in [2.45, 2.75) is 69.4 Å². The Labute approximate surface area is 143 Å². The molecule has 0 radical (unpaired) electrons. The second kappa shape index (κ2) is 6.79. The van der Waals surface area contributed by atoms with Crippen LogP contribution in [0.5, 0.6) is 0 Å². The molecular formula is C17H31NO6. The van der Waals surface area contributed by atoms with E-state index in [0.717, 1.165) is 19.3 Å². The number of aliphatic hydroxyl groups is 2. The average Bonchev–Trinajstić information content (AvgIpc) is 2.47. The number of hydrogen-bond acceptors (Lipinski definition) is 7. The highest BCUT2D eigenvalue weighted by Gasteiger charge is 2.68. The summed E-state index contributed by atoms with van der Waals surface area (Å²) in [5.41, 5.74) is 6.35. The zero-order chi connectivity index (χ0) is 17.5. The molecule has 0 aromatic heterocycles. The molecule has 4 fully saturated rings. The summed E-state index contributed by atoms with van der Waals surface area (Å²) >= 11 is 0. The van der Waals surface area contributed by atoms with Crippen molar-refractivity contribution in [1.29, 1.82) is 0 Å². The van der Waals surface area contributed by atoms with Crippen LogP contribution in [-0.4, -0.2) is 73.4 Å². The Morgan fingerprint density at radius 1 is 1.25 bits per heavy atom. The number of methoxy groups -OCH3 is 1. The Kier molecular flexibility index (Phi) is 5.24. The van der Waals surface area contributed by atoms with Crippen LogP contribution in [0, 0.1) is 11.3 Å². The van der Waals surface area contributed by atoms with Crippen LogP contribution in [0.4, 0.5) is 0 Å². The molecular weight excluding hydrogens is 314 g/mol. The summed E-state index contributed by atoms with van der Waals surface area (Å²) < 4.78 is 22.9. The van der Waals surface area contributed by atoms with E-state index in [-0.39, 0.29) is 17.6 Å². The molecule has 7 nitrogen and oxygen atoms in total. The predicted octanol–water partition coefficient (Wildman–Crippen LogP) is 0.0187. The van der Waals surface area contributed by atoms with Crippen LogP contribution in [0.25, 0.3) is 0 Å². The largest absolute Gasteiger partial charge is 0.394 e. The van der Waals surface area contributed by atoms with Crippen molar-refractivity contribution < 1.29 is 29.2 Å². The lowest BCUT2D eigenvalue weighted by atomic mass is 9.41. The van der Waals surface area contributed by atoms with E-state index in [2.05, 4.69) is 0 Å². The highest BCUT2D eigenvalue weighted by molar-refractivity contribution is 5.19. The third-order valence-electron chi connectivity index (χ3n) is 5.60. The van der Waals surface area contributed by atoms with Crippen molar-refractivity contribution in [3.63, 3.8) is 0 Å². The van der Waals surface area contributed by atoms with Gasteiger partial charge in [0.1, 0.15) is 18.3 Å². The van der Waals surface area contributed by atoms with Crippen LogP contribution in [0.15, 0.2) is 0 Å². The summed E-state index contributed by atoms with van der Waals surface area (Å²) in [6.07, 6.45) is 0.0714. The molecule has 7 heteroatoms. The highest BCUT2D eigenvalue weighted by Crippen LogP contribution is 2.69. The summed E-state index contributed by atoms with van der Waals surface area (Å²) in [5.74, 6) is 0.319. The molecule has 5 atom stereocenters. The Morgan fingerprint density at radius 2 is 1.92 bits per heavy atom. The lowest BCUT2D eigenvalue weighted by Gasteiger charge is -2.69. The van der Waals surface area contributed by atoms with Gasteiger partial charge in [-0.1, -0.05) is 13.8 Å². The van der Waals surface area contributed by atoms with Gasteiger partial charge in [0.25, 0.3) is 0 Å². The third kappa shape index (κ3) is 3.23. The van der Waals surface area contributed by atoms with Crippen molar-refractivity contribution in [2.24, 2.45) is 17.1 Å². The molecule has 0 aromatic carbocycles. The van der Waals surface area contributed by atoms with E-state index in [4.69, 9.17) is 24.7 Å². The van der Waals surface area contributed by atoms with Crippen LogP contribution in [-0.2, 0) is 18.9 Å². The highest BCUT2D eigenvalue weighted by atomic mass is 16.7. The standard InChI is InChI=1S/C17H31NO6/c1-10(2)5-22-14-11(4-19)24-15(12(18)13(14)20)23-9-16-6-17(7-16,8-16)21-3/h10-15,19-20H,4-9,18H2,1-3H3. The molecule has 24 heavy (non-hydrogen) atoms. The van der Waals surface area contributed by atoms with E-state index in [1.165, 1.54) is 0 Å². The zero-order valence-electron chi connectivity index (χ0n) is 14.8. The monoisotopic (exact) mass is 345 g/mol. The number of aliphatic hydroxyl groups excluding tert-OH is 2. The van der Waals surface area contributed by atoms with Gasteiger partial charge in [0.05, 0.1) is 24.9 Å². The molecule has 5 unspecified atom stereocenters. The van der Waals surface area contributed by atoms with Crippen molar-refractivity contribution in [1.82, 2.24) is 0 Å². The Balaban J connectivity index is 1.52. The predicted molar refractivity (Wildman–Crippen MR) is 86.3 cm³/mol. The minimum Gasteiger partial charge on any atom is -0.394 e. The summed E-state index contributed by atoms with van der Waals surface area (Å²) in [5, 5.41) is 20.0. The third-order valence-corrected chi connectivity index (χ3v) is 5.60. The first kappa shape index (κ1) is 18.5. The molecule has 0 spiro atoms. The average molecular weight is 345 g/mol. The Morgan fingerprint density at radius 3 is 2.46 bits per heavy atom. The molecule has 140 valence electrons. The van der Waals surface area contributed by atoms with Crippen LogP contribution in [0.2, 0.25) is 0 Å². The molecule has 2 bridgehead atoms. The van der Waals surface area contributed by atoms with Crippen LogP contribution < -0.4 is 5.73 Å². The molecule has 0 aromatic rings. The molecule has 4 aliphatic rings.